The summed E-state index contributed by atoms with van der Waals surface area (Å²) in [5.41, 5.74) is 1.56. The third-order valence-electron chi connectivity index (χ3n) is 3.33. The van der Waals surface area contributed by atoms with Gasteiger partial charge in [-0.15, -0.1) is 0 Å². The zero-order valence-corrected chi connectivity index (χ0v) is 9.26. The monoisotopic (exact) mass is 194 g/mol. The van der Waals surface area contributed by atoms with Crippen LogP contribution in [-0.4, -0.2) is 37.6 Å². The summed E-state index contributed by atoms with van der Waals surface area (Å²) in [6, 6.07) is 0. The van der Waals surface area contributed by atoms with Crippen LogP contribution >= 0.6 is 0 Å². The van der Waals surface area contributed by atoms with Crippen LogP contribution < -0.4 is 5.32 Å². The van der Waals surface area contributed by atoms with E-state index in [0.717, 1.165) is 5.92 Å². The van der Waals surface area contributed by atoms with E-state index in [1.807, 2.05) is 0 Å². The van der Waals surface area contributed by atoms with Crippen molar-refractivity contribution in [1.29, 1.82) is 0 Å². The molecule has 0 aromatic rings. The lowest BCUT2D eigenvalue weighted by atomic mass is 9.98. The van der Waals surface area contributed by atoms with Crippen LogP contribution in [0.25, 0.3) is 0 Å². The fraction of sp³-hybridized carbons (Fsp3) is 0.833. The van der Waals surface area contributed by atoms with Gasteiger partial charge in [-0.2, -0.15) is 0 Å². The minimum Gasteiger partial charge on any atom is -0.316 e. The summed E-state index contributed by atoms with van der Waals surface area (Å²) in [6.45, 7) is 8.50. The second-order valence-corrected chi connectivity index (χ2v) is 4.79. The molecule has 1 fully saturated rings. The smallest absolute Gasteiger partial charge is 0.0190 e. The van der Waals surface area contributed by atoms with E-state index in [1.54, 1.807) is 5.57 Å². The number of hydrogen-bond acceptors (Lipinski definition) is 2. The standard InChI is InChI=1S/C12H22N2/c1-11-4-3-7-14(9-11)10-12-5-2-6-13-8-12/h4,12-13H,2-3,5-10H2,1H3. The van der Waals surface area contributed by atoms with Crippen LogP contribution in [0.3, 0.4) is 0 Å². The van der Waals surface area contributed by atoms with Gasteiger partial charge in [-0.1, -0.05) is 11.6 Å². The van der Waals surface area contributed by atoms with Crippen molar-refractivity contribution in [2.45, 2.75) is 26.2 Å². The molecule has 2 rings (SSSR count). The molecule has 0 amide bonds. The number of hydrogen-bond donors (Lipinski definition) is 1. The van der Waals surface area contributed by atoms with Gasteiger partial charge in [-0.05, 0) is 45.2 Å². The molecule has 1 atom stereocenters. The van der Waals surface area contributed by atoms with E-state index >= 15 is 0 Å². The van der Waals surface area contributed by atoms with E-state index in [9.17, 15) is 0 Å². The van der Waals surface area contributed by atoms with E-state index in [-0.39, 0.29) is 0 Å². The third kappa shape index (κ3) is 2.82. The maximum absolute atomic E-state index is 3.49. The van der Waals surface area contributed by atoms with Crippen molar-refractivity contribution in [3.63, 3.8) is 0 Å². The van der Waals surface area contributed by atoms with E-state index in [2.05, 4.69) is 23.2 Å². The molecule has 2 aliphatic rings. The minimum atomic E-state index is 0.898. The molecule has 0 bridgehead atoms. The molecule has 14 heavy (non-hydrogen) atoms. The first kappa shape index (κ1) is 10.2. The van der Waals surface area contributed by atoms with Gasteiger partial charge in [0.1, 0.15) is 0 Å². The number of piperidine rings is 1. The summed E-state index contributed by atoms with van der Waals surface area (Å²) in [6.07, 6.45) is 6.43. The Morgan fingerprint density at radius 1 is 1.57 bits per heavy atom. The van der Waals surface area contributed by atoms with E-state index in [1.165, 1.54) is 52.0 Å². The topological polar surface area (TPSA) is 15.3 Å². The SMILES string of the molecule is CC1=CCCN(CC2CCCNC2)C1. The molecule has 2 aliphatic heterocycles. The Kier molecular flexibility index (Phi) is 3.60. The first-order chi connectivity index (χ1) is 6.84. The Morgan fingerprint density at radius 2 is 2.50 bits per heavy atom. The Hall–Kier alpha value is -0.340. The number of rotatable bonds is 2. The van der Waals surface area contributed by atoms with Crippen molar-refractivity contribution in [2.24, 2.45) is 5.92 Å². The van der Waals surface area contributed by atoms with Crippen LogP contribution in [0.15, 0.2) is 11.6 Å². The fourth-order valence-corrected chi connectivity index (χ4v) is 2.59. The molecule has 0 aliphatic carbocycles. The summed E-state index contributed by atoms with van der Waals surface area (Å²) in [4.78, 5) is 2.62. The quantitative estimate of drug-likeness (QED) is 0.672. The summed E-state index contributed by atoms with van der Waals surface area (Å²) in [7, 11) is 0. The predicted octanol–water partition coefficient (Wildman–Crippen LogP) is 1.64. The van der Waals surface area contributed by atoms with Crippen molar-refractivity contribution < 1.29 is 0 Å². The second kappa shape index (κ2) is 4.94. The Bertz CT molecular complexity index is 204. The largest absolute Gasteiger partial charge is 0.316 e. The lowest BCUT2D eigenvalue weighted by molar-refractivity contribution is 0.218. The third-order valence-corrected chi connectivity index (χ3v) is 3.33. The van der Waals surface area contributed by atoms with Crippen LogP contribution in [0.2, 0.25) is 0 Å². The molecule has 80 valence electrons. The van der Waals surface area contributed by atoms with Gasteiger partial charge in [-0.3, -0.25) is 4.90 Å². The first-order valence-corrected chi connectivity index (χ1v) is 5.93. The van der Waals surface area contributed by atoms with Crippen LogP contribution in [0.1, 0.15) is 26.2 Å². The highest BCUT2D eigenvalue weighted by atomic mass is 15.1. The van der Waals surface area contributed by atoms with Crippen molar-refractivity contribution in [3.8, 4) is 0 Å². The Labute approximate surface area is 87.4 Å². The molecule has 1 unspecified atom stereocenters. The van der Waals surface area contributed by atoms with Crippen molar-refractivity contribution >= 4 is 0 Å². The normalized spacial score (nSPS) is 30.1. The molecular formula is C12H22N2. The second-order valence-electron chi connectivity index (χ2n) is 4.79. The maximum Gasteiger partial charge on any atom is 0.0190 e. The summed E-state index contributed by atoms with van der Waals surface area (Å²) in [5, 5.41) is 3.49. The van der Waals surface area contributed by atoms with Gasteiger partial charge in [0.05, 0.1) is 0 Å². The molecular weight excluding hydrogens is 172 g/mol. The predicted molar refractivity (Wildman–Crippen MR) is 60.4 cm³/mol. The number of nitrogens with one attached hydrogen (secondary N) is 1. The summed E-state index contributed by atoms with van der Waals surface area (Å²) in [5.74, 6) is 0.898. The van der Waals surface area contributed by atoms with Crippen LogP contribution in [-0.2, 0) is 0 Å². The highest BCUT2D eigenvalue weighted by Crippen LogP contribution is 2.15. The molecule has 0 aromatic carbocycles. The zero-order chi connectivity index (χ0) is 9.80. The zero-order valence-electron chi connectivity index (χ0n) is 9.26. The number of nitrogens with zero attached hydrogens (tertiary/aromatic N) is 1. The fourth-order valence-electron chi connectivity index (χ4n) is 2.59. The van der Waals surface area contributed by atoms with Crippen LogP contribution in [0.4, 0.5) is 0 Å². The molecule has 0 spiro atoms. The molecule has 2 nitrogen and oxygen atoms in total. The molecule has 0 radical (unpaired) electrons. The maximum atomic E-state index is 3.49. The van der Waals surface area contributed by atoms with E-state index in [0.29, 0.717) is 0 Å². The summed E-state index contributed by atoms with van der Waals surface area (Å²) >= 11 is 0. The van der Waals surface area contributed by atoms with Gasteiger partial charge in [0, 0.05) is 19.6 Å². The van der Waals surface area contributed by atoms with Crippen LogP contribution in [0, 0.1) is 5.92 Å². The highest BCUT2D eigenvalue weighted by Gasteiger charge is 2.18. The molecule has 1 N–H and O–H groups in total. The lowest BCUT2D eigenvalue weighted by Crippen LogP contribution is -2.40. The van der Waals surface area contributed by atoms with E-state index < -0.39 is 0 Å². The summed E-state index contributed by atoms with van der Waals surface area (Å²) < 4.78 is 0. The molecule has 2 heterocycles. The minimum absolute atomic E-state index is 0.898. The van der Waals surface area contributed by atoms with Gasteiger partial charge < -0.3 is 5.32 Å². The van der Waals surface area contributed by atoms with Crippen molar-refractivity contribution in [3.05, 3.63) is 11.6 Å². The Balaban J connectivity index is 1.76. The average molecular weight is 194 g/mol. The lowest BCUT2D eigenvalue weighted by Gasteiger charge is -2.32. The van der Waals surface area contributed by atoms with Gasteiger partial charge in [0.2, 0.25) is 0 Å². The Morgan fingerprint density at radius 3 is 3.21 bits per heavy atom. The van der Waals surface area contributed by atoms with Crippen LogP contribution in [0.5, 0.6) is 0 Å². The molecule has 0 aromatic heterocycles. The van der Waals surface area contributed by atoms with Crippen molar-refractivity contribution in [2.75, 3.05) is 32.7 Å². The van der Waals surface area contributed by atoms with Crippen molar-refractivity contribution in [1.82, 2.24) is 10.2 Å². The van der Waals surface area contributed by atoms with Gasteiger partial charge >= 0.3 is 0 Å². The average Bonchev–Trinajstić information content (AvgIpc) is 2.19. The first-order valence-electron chi connectivity index (χ1n) is 5.93. The van der Waals surface area contributed by atoms with Gasteiger partial charge in [-0.25, -0.2) is 0 Å². The molecule has 0 saturated carbocycles. The van der Waals surface area contributed by atoms with Gasteiger partial charge in [0.15, 0.2) is 0 Å². The van der Waals surface area contributed by atoms with Gasteiger partial charge in [0.25, 0.3) is 0 Å². The van der Waals surface area contributed by atoms with E-state index in [4.69, 9.17) is 0 Å². The molecule has 2 heteroatoms. The highest BCUT2D eigenvalue weighted by molar-refractivity contribution is 5.04. The molecule has 1 saturated heterocycles.